The maximum absolute atomic E-state index is 11.9. The fourth-order valence-electron chi connectivity index (χ4n) is 2.93. The van der Waals surface area contributed by atoms with Crippen LogP contribution >= 0.6 is 0 Å². The number of pyridine rings is 1. The Labute approximate surface area is 168 Å². The molecule has 8 nitrogen and oxygen atoms in total. The number of rotatable bonds is 8. The number of hydrogen-bond acceptors (Lipinski definition) is 7. The highest BCUT2D eigenvalue weighted by atomic mass is 16.6. The molecule has 0 unspecified atom stereocenters. The van der Waals surface area contributed by atoms with Gasteiger partial charge in [0.2, 0.25) is 0 Å². The van der Waals surface area contributed by atoms with Crippen molar-refractivity contribution in [1.82, 2.24) is 9.88 Å². The minimum Gasteiger partial charge on any atom is -0.487 e. The lowest BCUT2D eigenvalue weighted by molar-refractivity contribution is -0.144. The summed E-state index contributed by atoms with van der Waals surface area (Å²) < 4.78 is 15.7. The van der Waals surface area contributed by atoms with E-state index in [1.54, 1.807) is 19.1 Å². The molecule has 29 heavy (non-hydrogen) atoms. The van der Waals surface area contributed by atoms with Gasteiger partial charge in [0, 0.05) is 6.20 Å². The summed E-state index contributed by atoms with van der Waals surface area (Å²) in [6, 6.07) is 12.7. The summed E-state index contributed by atoms with van der Waals surface area (Å²) in [5, 5.41) is 8.79. The minimum absolute atomic E-state index is 0.115. The highest BCUT2D eigenvalue weighted by Crippen LogP contribution is 2.20. The minimum atomic E-state index is -0.502. The molecule has 2 heterocycles. The largest absolute Gasteiger partial charge is 0.487 e. The molecule has 0 radical (unpaired) electrons. The van der Waals surface area contributed by atoms with Crippen LogP contribution in [0, 0.1) is 11.3 Å². The lowest BCUT2D eigenvalue weighted by Crippen LogP contribution is -2.39. The predicted molar refractivity (Wildman–Crippen MR) is 102 cm³/mol. The number of aromatic nitrogens is 1. The van der Waals surface area contributed by atoms with Crippen molar-refractivity contribution in [3.8, 4) is 11.8 Å². The number of carbonyl (C=O) groups is 2. The summed E-state index contributed by atoms with van der Waals surface area (Å²) in [6.07, 6.45) is 1.56. The molecule has 0 spiro atoms. The van der Waals surface area contributed by atoms with Gasteiger partial charge in [-0.3, -0.25) is 14.7 Å². The van der Waals surface area contributed by atoms with Gasteiger partial charge in [0.15, 0.2) is 0 Å². The number of carbonyl (C=O) groups excluding carboxylic acids is 2. The summed E-state index contributed by atoms with van der Waals surface area (Å²) in [7, 11) is 0. The molecule has 1 fully saturated rings. The number of benzene rings is 1. The van der Waals surface area contributed by atoms with Crippen LogP contribution < -0.4 is 4.74 Å². The normalized spacial score (nSPS) is 15.5. The fraction of sp³-hybridized carbons (Fsp3) is 0.333. The zero-order valence-electron chi connectivity index (χ0n) is 16.0. The van der Waals surface area contributed by atoms with Crippen LogP contribution in [0.2, 0.25) is 0 Å². The number of amides is 1. The van der Waals surface area contributed by atoms with E-state index in [-0.39, 0.29) is 25.8 Å². The van der Waals surface area contributed by atoms with Crippen molar-refractivity contribution < 1.29 is 23.8 Å². The molecule has 2 aromatic rings. The first-order valence-electron chi connectivity index (χ1n) is 9.25. The predicted octanol–water partition coefficient (Wildman–Crippen LogP) is 2.46. The van der Waals surface area contributed by atoms with Gasteiger partial charge >= 0.3 is 12.1 Å². The number of nitriles is 1. The van der Waals surface area contributed by atoms with Crippen LogP contribution in [0.3, 0.4) is 0 Å². The first-order chi connectivity index (χ1) is 14.1. The second-order valence-electron chi connectivity index (χ2n) is 6.45. The van der Waals surface area contributed by atoms with Crippen LogP contribution in [-0.4, -0.2) is 47.7 Å². The molecule has 1 aliphatic rings. The van der Waals surface area contributed by atoms with E-state index >= 15 is 0 Å². The maximum atomic E-state index is 11.9. The molecule has 1 atom stereocenters. The van der Waals surface area contributed by atoms with Gasteiger partial charge in [0.05, 0.1) is 23.9 Å². The summed E-state index contributed by atoms with van der Waals surface area (Å²) in [5.74, 6) is 0.235. The Morgan fingerprint density at radius 2 is 2.10 bits per heavy atom. The van der Waals surface area contributed by atoms with Crippen LogP contribution in [0.25, 0.3) is 0 Å². The fourth-order valence-corrected chi connectivity index (χ4v) is 2.93. The van der Waals surface area contributed by atoms with Crippen LogP contribution in [0.15, 0.2) is 42.6 Å². The number of esters is 1. The number of hydrogen-bond donors (Lipinski definition) is 0. The smallest absolute Gasteiger partial charge is 0.410 e. The quantitative estimate of drug-likeness (QED) is 0.633. The van der Waals surface area contributed by atoms with Gasteiger partial charge in [0.1, 0.15) is 31.6 Å². The van der Waals surface area contributed by atoms with Crippen molar-refractivity contribution in [2.75, 3.05) is 19.8 Å². The van der Waals surface area contributed by atoms with Crippen molar-refractivity contribution in [3.63, 3.8) is 0 Å². The standard InChI is InChI=1S/C21H21N3O5/c1-2-27-20(25)12-24-18(14-29-21(24)26)9-15-4-7-19(8-5-15)28-13-17-6-3-16(10-22)11-23-17/h3-8,11,18H,2,9,12-14H2,1H3/t18-/m0/s1. The Morgan fingerprint density at radius 1 is 1.31 bits per heavy atom. The number of ether oxygens (including phenoxy) is 3. The SMILES string of the molecule is CCOC(=O)CN1C(=O)OC[C@@H]1Cc1ccc(OCc2ccc(C#N)cn2)cc1. The molecule has 1 amide bonds. The zero-order chi connectivity index (χ0) is 20.6. The highest BCUT2D eigenvalue weighted by Gasteiger charge is 2.34. The van der Waals surface area contributed by atoms with Gasteiger partial charge in [-0.1, -0.05) is 12.1 Å². The number of nitrogens with zero attached hydrogens (tertiary/aromatic N) is 3. The van der Waals surface area contributed by atoms with Gasteiger partial charge in [-0.15, -0.1) is 0 Å². The zero-order valence-corrected chi connectivity index (χ0v) is 16.0. The first-order valence-corrected chi connectivity index (χ1v) is 9.25. The molecule has 3 rings (SSSR count). The van der Waals surface area contributed by atoms with E-state index in [0.29, 0.717) is 24.3 Å². The molecule has 1 aliphatic heterocycles. The summed E-state index contributed by atoms with van der Waals surface area (Å²) >= 11 is 0. The van der Waals surface area contributed by atoms with Gasteiger partial charge < -0.3 is 14.2 Å². The highest BCUT2D eigenvalue weighted by molar-refractivity contribution is 5.79. The molecule has 0 N–H and O–H groups in total. The summed E-state index contributed by atoms with van der Waals surface area (Å²) in [6.45, 7) is 2.41. The second kappa shape index (κ2) is 9.55. The van der Waals surface area contributed by atoms with E-state index in [4.69, 9.17) is 19.5 Å². The molecule has 0 saturated carbocycles. The molecule has 0 aliphatic carbocycles. The van der Waals surface area contributed by atoms with Crippen molar-refractivity contribution in [2.24, 2.45) is 0 Å². The van der Waals surface area contributed by atoms with Gasteiger partial charge in [-0.2, -0.15) is 5.26 Å². The molecule has 150 valence electrons. The lowest BCUT2D eigenvalue weighted by atomic mass is 10.1. The molecular formula is C21H21N3O5. The van der Waals surface area contributed by atoms with E-state index in [9.17, 15) is 9.59 Å². The third-order valence-corrected chi connectivity index (χ3v) is 4.41. The molecular weight excluding hydrogens is 374 g/mol. The summed E-state index contributed by atoms with van der Waals surface area (Å²) in [5.41, 5.74) is 2.22. The first kappa shape index (κ1) is 20.1. The van der Waals surface area contributed by atoms with Crippen molar-refractivity contribution in [1.29, 1.82) is 5.26 Å². The topological polar surface area (TPSA) is 102 Å². The van der Waals surface area contributed by atoms with E-state index in [1.165, 1.54) is 11.1 Å². The lowest BCUT2D eigenvalue weighted by Gasteiger charge is -2.20. The molecule has 1 aromatic carbocycles. The average molecular weight is 395 g/mol. The Morgan fingerprint density at radius 3 is 2.76 bits per heavy atom. The molecule has 8 heteroatoms. The van der Waals surface area contributed by atoms with Crippen molar-refractivity contribution >= 4 is 12.1 Å². The molecule has 0 bridgehead atoms. The molecule has 1 aromatic heterocycles. The van der Waals surface area contributed by atoms with E-state index < -0.39 is 12.1 Å². The Kier molecular flexibility index (Phi) is 6.63. The van der Waals surface area contributed by atoms with E-state index in [2.05, 4.69) is 4.98 Å². The summed E-state index contributed by atoms with van der Waals surface area (Å²) in [4.78, 5) is 29.2. The van der Waals surface area contributed by atoms with Gasteiger partial charge in [-0.25, -0.2) is 4.79 Å². The van der Waals surface area contributed by atoms with Gasteiger partial charge in [-0.05, 0) is 43.2 Å². The second-order valence-corrected chi connectivity index (χ2v) is 6.45. The van der Waals surface area contributed by atoms with Crippen LogP contribution in [-0.2, 0) is 27.3 Å². The Balaban J connectivity index is 1.54. The van der Waals surface area contributed by atoms with Crippen molar-refractivity contribution in [2.45, 2.75) is 26.0 Å². The Bertz CT molecular complexity index is 890. The third-order valence-electron chi connectivity index (χ3n) is 4.41. The molecule has 1 saturated heterocycles. The average Bonchev–Trinajstić information content (AvgIpc) is 3.07. The monoisotopic (exact) mass is 395 g/mol. The van der Waals surface area contributed by atoms with Gasteiger partial charge in [0.25, 0.3) is 0 Å². The van der Waals surface area contributed by atoms with E-state index in [0.717, 1.165) is 11.3 Å². The Hall–Kier alpha value is -3.60. The van der Waals surface area contributed by atoms with Crippen molar-refractivity contribution in [3.05, 3.63) is 59.4 Å². The number of cyclic esters (lactones) is 1. The van der Waals surface area contributed by atoms with Crippen LogP contribution in [0.4, 0.5) is 4.79 Å². The third kappa shape index (κ3) is 5.45. The van der Waals surface area contributed by atoms with Crippen LogP contribution in [0.5, 0.6) is 5.75 Å². The van der Waals surface area contributed by atoms with E-state index in [1.807, 2.05) is 30.3 Å². The maximum Gasteiger partial charge on any atom is 0.410 e. The van der Waals surface area contributed by atoms with Crippen LogP contribution in [0.1, 0.15) is 23.7 Å².